The molecule has 0 unspecified atom stereocenters. The lowest BCUT2D eigenvalue weighted by Crippen LogP contribution is -1.98. The first kappa shape index (κ1) is 19.2. The Hall–Kier alpha value is -3.78. The van der Waals surface area contributed by atoms with E-state index in [-0.39, 0.29) is 0 Å². The normalized spacial score (nSPS) is 11.1. The lowest BCUT2D eigenvalue weighted by Gasteiger charge is -2.14. The van der Waals surface area contributed by atoms with Crippen molar-refractivity contribution in [3.63, 3.8) is 0 Å². The highest BCUT2D eigenvalue weighted by atomic mass is 14.8. The van der Waals surface area contributed by atoms with Gasteiger partial charge in [0.1, 0.15) is 0 Å². The molecule has 5 aromatic rings. The average molecular weight is 401 g/mol. The van der Waals surface area contributed by atoms with Crippen LogP contribution in [0.4, 0.5) is 0 Å². The van der Waals surface area contributed by atoms with Crippen LogP contribution in [0.2, 0.25) is 0 Å². The predicted molar refractivity (Wildman–Crippen MR) is 130 cm³/mol. The molecule has 0 aliphatic heterocycles. The number of benzene rings is 4. The molecule has 0 amide bonds. The zero-order chi connectivity index (χ0) is 21.4. The second kappa shape index (κ2) is 7.81. The van der Waals surface area contributed by atoms with Gasteiger partial charge in [0.15, 0.2) is 0 Å². The van der Waals surface area contributed by atoms with Crippen molar-refractivity contribution >= 4 is 10.8 Å². The minimum absolute atomic E-state index is 0.886. The largest absolute Gasteiger partial charge is 0.252 e. The first-order valence-corrected chi connectivity index (χ1v) is 10.6. The van der Waals surface area contributed by atoms with Crippen molar-refractivity contribution < 1.29 is 0 Å². The Labute approximate surface area is 183 Å². The standard InChI is InChI=1S/C29H24N2/c1-19-8-11-23(12-9-19)27-18-30-29(26-15-10-20(2)16-21(26)3)28(31-27)25-14-13-22-6-4-5-7-24(22)17-25/h4-18H,1-3H3. The highest BCUT2D eigenvalue weighted by Gasteiger charge is 2.15. The summed E-state index contributed by atoms with van der Waals surface area (Å²) in [5.74, 6) is 0. The van der Waals surface area contributed by atoms with Crippen LogP contribution in [0.25, 0.3) is 44.5 Å². The summed E-state index contributed by atoms with van der Waals surface area (Å²) < 4.78 is 0. The summed E-state index contributed by atoms with van der Waals surface area (Å²) in [5, 5.41) is 2.43. The number of rotatable bonds is 3. The molecule has 150 valence electrons. The van der Waals surface area contributed by atoms with E-state index in [1.165, 1.54) is 27.5 Å². The Morgan fingerprint density at radius 3 is 2.06 bits per heavy atom. The van der Waals surface area contributed by atoms with E-state index in [0.717, 1.165) is 33.8 Å². The minimum Gasteiger partial charge on any atom is -0.252 e. The van der Waals surface area contributed by atoms with Crippen molar-refractivity contribution in [3.05, 3.63) is 108 Å². The van der Waals surface area contributed by atoms with Crippen LogP contribution in [0, 0.1) is 20.8 Å². The van der Waals surface area contributed by atoms with Crippen molar-refractivity contribution in [2.75, 3.05) is 0 Å². The van der Waals surface area contributed by atoms with Gasteiger partial charge in [0, 0.05) is 16.7 Å². The Kier molecular flexibility index (Phi) is 4.83. The number of hydrogen-bond acceptors (Lipinski definition) is 2. The van der Waals surface area contributed by atoms with Crippen LogP contribution >= 0.6 is 0 Å². The van der Waals surface area contributed by atoms with Gasteiger partial charge < -0.3 is 0 Å². The zero-order valence-corrected chi connectivity index (χ0v) is 18.1. The number of fused-ring (bicyclic) bond motifs is 1. The molecule has 0 saturated heterocycles. The van der Waals surface area contributed by atoms with Crippen LogP contribution in [-0.4, -0.2) is 9.97 Å². The molecule has 4 aromatic carbocycles. The molecule has 0 N–H and O–H groups in total. The summed E-state index contributed by atoms with van der Waals surface area (Å²) in [5.41, 5.74) is 9.69. The zero-order valence-electron chi connectivity index (χ0n) is 18.1. The van der Waals surface area contributed by atoms with Crippen LogP contribution in [0.1, 0.15) is 16.7 Å². The van der Waals surface area contributed by atoms with Gasteiger partial charge in [-0.25, -0.2) is 4.98 Å². The topological polar surface area (TPSA) is 25.8 Å². The molecular formula is C29H24N2. The van der Waals surface area contributed by atoms with Crippen LogP contribution in [-0.2, 0) is 0 Å². The van der Waals surface area contributed by atoms with Gasteiger partial charge in [-0.15, -0.1) is 0 Å². The van der Waals surface area contributed by atoms with Gasteiger partial charge >= 0.3 is 0 Å². The Morgan fingerprint density at radius 2 is 1.29 bits per heavy atom. The van der Waals surface area contributed by atoms with E-state index in [9.17, 15) is 0 Å². The molecule has 0 atom stereocenters. The molecule has 0 bridgehead atoms. The third-order valence-electron chi connectivity index (χ3n) is 5.78. The van der Waals surface area contributed by atoms with Crippen molar-refractivity contribution in [3.8, 4) is 33.8 Å². The maximum Gasteiger partial charge on any atom is 0.0973 e. The Bertz CT molecular complexity index is 1400. The molecule has 1 aromatic heterocycles. The van der Waals surface area contributed by atoms with Crippen LogP contribution in [0.5, 0.6) is 0 Å². The summed E-state index contributed by atoms with van der Waals surface area (Å²) in [6, 6.07) is 29.9. The van der Waals surface area contributed by atoms with E-state index in [1.54, 1.807) is 0 Å². The van der Waals surface area contributed by atoms with Crippen molar-refractivity contribution in [2.45, 2.75) is 20.8 Å². The Balaban J connectivity index is 1.74. The molecule has 0 aliphatic rings. The maximum atomic E-state index is 5.13. The maximum absolute atomic E-state index is 5.13. The monoisotopic (exact) mass is 400 g/mol. The van der Waals surface area contributed by atoms with Crippen molar-refractivity contribution in [1.82, 2.24) is 9.97 Å². The number of hydrogen-bond donors (Lipinski definition) is 0. The summed E-state index contributed by atoms with van der Waals surface area (Å²) in [6.45, 7) is 6.36. The lowest BCUT2D eigenvalue weighted by atomic mass is 9.97. The minimum atomic E-state index is 0.886. The van der Waals surface area contributed by atoms with E-state index in [0.29, 0.717) is 0 Å². The van der Waals surface area contributed by atoms with E-state index in [1.807, 2.05) is 6.20 Å². The van der Waals surface area contributed by atoms with E-state index < -0.39 is 0 Å². The predicted octanol–water partition coefficient (Wildman–Crippen LogP) is 7.56. The van der Waals surface area contributed by atoms with Gasteiger partial charge in [-0.1, -0.05) is 90.0 Å². The highest BCUT2D eigenvalue weighted by Crippen LogP contribution is 2.34. The quantitative estimate of drug-likeness (QED) is 0.312. The fraction of sp³-hybridized carbons (Fsp3) is 0.103. The van der Waals surface area contributed by atoms with Gasteiger partial charge in [-0.3, -0.25) is 4.98 Å². The van der Waals surface area contributed by atoms with Crippen molar-refractivity contribution in [2.24, 2.45) is 0 Å². The van der Waals surface area contributed by atoms with Crippen LogP contribution in [0.3, 0.4) is 0 Å². The second-order valence-corrected chi connectivity index (χ2v) is 8.20. The van der Waals surface area contributed by atoms with Gasteiger partial charge in [0.2, 0.25) is 0 Å². The third kappa shape index (κ3) is 3.73. The summed E-state index contributed by atoms with van der Waals surface area (Å²) >= 11 is 0. The first-order valence-electron chi connectivity index (χ1n) is 10.6. The average Bonchev–Trinajstić information content (AvgIpc) is 2.79. The molecule has 2 heteroatoms. The van der Waals surface area contributed by atoms with Gasteiger partial charge in [-0.2, -0.15) is 0 Å². The molecular weight excluding hydrogens is 376 g/mol. The van der Waals surface area contributed by atoms with E-state index >= 15 is 0 Å². The van der Waals surface area contributed by atoms with E-state index in [4.69, 9.17) is 9.97 Å². The summed E-state index contributed by atoms with van der Waals surface area (Å²) in [7, 11) is 0. The molecule has 0 spiro atoms. The van der Waals surface area contributed by atoms with Crippen LogP contribution < -0.4 is 0 Å². The Morgan fingerprint density at radius 1 is 0.581 bits per heavy atom. The smallest absolute Gasteiger partial charge is 0.0973 e. The summed E-state index contributed by atoms with van der Waals surface area (Å²) in [6.07, 6.45) is 1.89. The number of aromatic nitrogens is 2. The molecule has 0 radical (unpaired) electrons. The SMILES string of the molecule is Cc1ccc(-c2cnc(-c3ccc(C)cc3C)c(-c3ccc4ccccc4c3)n2)cc1. The first-order chi connectivity index (χ1) is 15.1. The lowest BCUT2D eigenvalue weighted by molar-refractivity contribution is 1.20. The third-order valence-corrected chi connectivity index (χ3v) is 5.78. The fourth-order valence-corrected chi connectivity index (χ4v) is 4.07. The van der Waals surface area contributed by atoms with Gasteiger partial charge in [-0.05, 0) is 43.2 Å². The number of nitrogens with zero attached hydrogens (tertiary/aromatic N) is 2. The molecule has 0 fully saturated rings. The molecule has 0 saturated carbocycles. The van der Waals surface area contributed by atoms with E-state index in [2.05, 4.69) is 106 Å². The van der Waals surface area contributed by atoms with Crippen molar-refractivity contribution in [1.29, 1.82) is 0 Å². The molecule has 31 heavy (non-hydrogen) atoms. The van der Waals surface area contributed by atoms with Gasteiger partial charge in [0.25, 0.3) is 0 Å². The second-order valence-electron chi connectivity index (χ2n) is 8.20. The molecule has 2 nitrogen and oxygen atoms in total. The summed E-state index contributed by atoms with van der Waals surface area (Å²) in [4.78, 5) is 10.1. The van der Waals surface area contributed by atoms with Crippen LogP contribution in [0.15, 0.2) is 91.1 Å². The fourth-order valence-electron chi connectivity index (χ4n) is 4.07. The molecule has 1 heterocycles. The molecule has 5 rings (SSSR count). The number of aryl methyl sites for hydroxylation is 3. The van der Waals surface area contributed by atoms with Gasteiger partial charge in [0.05, 0.1) is 23.3 Å². The highest BCUT2D eigenvalue weighted by molar-refractivity contribution is 5.90. The molecule has 0 aliphatic carbocycles.